The first-order valence-corrected chi connectivity index (χ1v) is 11.9. The van der Waals surface area contributed by atoms with Crippen molar-refractivity contribution in [3.05, 3.63) is 89.8 Å². The van der Waals surface area contributed by atoms with E-state index in [9.17, 15) is 9.59 Å². The summed E-state index contributed by atoms with van der Waals surface area (Å²) < 4.78 is 11.3. The summed E-state index contributed by atoms with van der Waals surface area (Å²) >= 11 is 0. The van der Waals surface area contributed by atoms with Gasteiger partial charge in [-0.1, -0.05) is 24.3 Å². The summed E-state index contributed by atoms with van der Waals surface area (Å²) in [6, 6.07) is 18.3. The number of aryl methyl sites for hydroxylation is 1. The molecule has 2 N–H and O–H groups in total. The number of rotatable bonds is 9. The number of ether oxygens (including phenoxy) is 2. The van der Waals surface area contributed by atoms with Crippen molar-refractivity contribution >= 4 is 23.6 Å². The maximum Gasteiger partial charge on any atom is 0.270 e. The van der Waals surface area contributed by atoms with E-state index in [-0.39, 0.29) is 11.8 Å². The Morgan fingerprint density at radius 3 is 2.69 bits per heavy atom. The van der Waals surface area contributed by atoms with Crippen molar-refractivity contribution in [1.82, 2.24) is 15.2 Å². The molecule has 1 saturated heterocycles. The highest BCUT2D eigenvalue weighted by Gasteiger charge is 2.12. The number of benzene rings is 2. The molecule has 0 unspecified atom stereocenters. The van der Waals surface area contributed by atoms with E-state index in [2.05, 4.69) is 20.5 Å². The molecule has 0 aliphatic carbocycles. The van der Waals surface area contributed by atoms with Gasteiger partial charge in [-0.15, -0.1) is 0 Å². The zero-order chi connectivity index (χ0) is 25.2. The molecule has 3 aromatic rings. The van der Waals surface area contributed by atoms with Crippen LogP contribution in [0.15, 0.2) is 72.9 Å². The molecule has 4 rings (SSSR count). The molecule has 0 bridgehead atoms. The Kier molecular flexibility index (Phi) is 8.80. The van der Waals surface area contributed by atoms with Crippen LogP contribution in [0, 0.1) is 6.92 Å². The zero-order valence-corrected chi connectivity index (χ0v) is 20.3. The number of hydrogen-bond acceptors (Lipinski definition) is 6. The standard InChI is InChI=1S/C28H30N4O4/c1-21-4-2-6-23(18-21)31-27(33)9-8-22-5-3-7-24(19-22)36-25-10-11-29-26(20-25)28(34)30-12-13-32-14-16-35-17-15-32/h2-11,18-20H,12-17H2,1H3,(H,30,34)(H,31,33). The fourth-order valence-corrected chi connectivity index (χ4v) is 3.74. The maximum absolute atomic E-state index is 12.5. The lowest BCUT2D eigenvalue weighted by Crippen LogP contribution is -2.41. The smallest absolute Gasteiger partial charge is 0.270 e. The van der Waals surface area contributed by atoms with Gasteiger partial charge in [0.25, 0.3) is 5.91 Å². The first kappa shape index (κ1) is 25.1. The molecular formula is C28H30N4O4. The number of hydrogen-bond donors (Lipinski definition) is 2. The minimum atomic E-state index is -0.245. The van der Waals surface area contributed by atoms with E-state index < -0.39 is 0 Å². The third-order valence-corrected chi connectivity index (χ3v) is 5.59. The average Bonchev–Trinajstić information content (AvgIpc) is 2.88. The summed E-state index contributed by atoms with van der Waals surface area (Å²) in [7, 11) is 0. The van der Waals surface area contributed by atoms with Crippen LogP contribution >= 0.6 is 0 Å². The van der Waals surface area contributed by atoms with Crippen molar-refractivity contribution in [2.75, 3.05) is 44.7 Å². The van der Waals surface area contributed by atoms with E-state index in [1.165, 1.54) is 6.08 Å². The van der Waals surface area contributed by atoms with Gasteiger partial charge in [0.05, 0.1) is 13.2 Å². The van der Waals surface area contributed by atoms with Gasteiger partial charge < -0.3 is 20.1 Å². The highest BCUT2D eigenvalue weighted by molar-refractivity contribution is 6.02. The molecule has 1 aliphatic rings. The van der Waals surface area contributed by atoms with Gasteiger partial charge in [-0.2, -0.15) is 0 Å². The second-order valence-corrected chi connectivity index (χ2v) is 8.45. The Hall–Kier alpha value is -4.01. The number of anilines is 1. The SMILES string of the molecule is Cc1cccc(NC(=O)C=Cc2cccc(Oc3ccnc(C(=O)NCCN4CCOCC4)c3)c2)c1. The molecule has 0 spiro atoms. The molecule has 1 fully saturated rings. The van der Waals surface area contributed by atoms with E-state index in [0.717, 1.165) is 49.7 Å². The van der Waals surface area contributed by atoms with Crippen LogP contribution in [-0.2, 0) is 9.53 Å². The summed E-state index contributed by atoms with van der Waals surface area (Å²) in [5.74, 6) is 0.623. The Bertz CT molecular complexity index is 1220. The molecule has 0 atom stereocenters. The van der Waals surface area contributed by atoms with Crippen molar-refractivity contribution in [3.8, 4) is 11.5 Å². The number of pyridine rings is 1. The van der Waals surface area contributed by atoms with Gasteiger partial charge in [-0.05, 0) is 54.5 Å². The second kappa shape index (κ2) is 12.6. The minimum Gasteiger partial charge on any atom is -0.457 e. The number of carbonyl (C=O) groups excluding carboxylic acids is 2. The molecule has 2 heterocycles. The fraction of sp³-hybridized carbons (Fsp3) is 0.250. The van der Waals surface area contributed by atoms with Crippen LogP contribution in [0.25, 0.3) is 6.08 Å². The van der Waals surface area contributed by atoms with Crippen molar-refractivity contribution in [3.63, 3.8) is 0 Å². The molecule has 0 radical (unpaired) electrons. The van der Waals surface area contributed by atoms with E-state index in [0.29, 0.717) is 23.7 Å². The molecule has 2 aromatic carbocycles. The third-order valence-electron chi connectivity index (χ3n) is 5.59. The highest BCUT2D eigenvalue weighted by atomic mass is 16.5. The summed E-state index contributed by atoms with van der Waals surface area (Å²) in [6.07, 6.45) is 4.75. The van der Waals surface area contributed by atoms with Crippen LogP contribution in [0.5, 0.6) is 11.5 Å². The molecule has 0 saturated carbocycles. The predicted octanol–water partition coefficient (Wildman–Crippen LogP) is 3.90. The van der Waals surface area contributed by atoms with Crippen LogP contribution in [0.4, 0.5) is 5.69 Å². The lowest BCUT2D eigenvalue weighted by atomic mass is 10.2. The summed E-state index contributed by atoms with van der Waals surface area (Å²) in [5.41, 5.74) is 2.92. The van der Waals surface area contributed by atoms with E-state index in [1.54, 1.807) is 24.4 Å². The molecule has 1 aliphatic heterocycles. The van der Waals surface area contributed by atoms with Gasteiger partial charge in [-0.3, -0.25) is 19.5 Å². The predicted molar refractivity (Wildman–Crippen MR) is 139 cm³/mol. The Morgan fingerprint density at radius 1 is 1.06 bits per heavy atom. The second-order valence-electron chi connectivity index (χ2n) is 8.45. The van der Waals surface area contributed by atoms with Crippen molar-refractivity contribution in [2.45, 2.75) is 6.92 Å². The largest absolute Gasteiger partial charge is 0.457 e. The van der Waals surface area contributed by atoms with E-state index in [4.69, 9.17) is 9.47 Å². The highest BCUT2D eigenvalue weighted by Crippen LogP contribution is 2.23. The van der Waals surface area contributed by atoms with Crippen molar-refractivity contribution in [2.24, 2.45) is 0 Å². The quantitative estimate of drug-likeness (QED) is 0.446. The van der Waals surface area contributed by atoms with Crippen LogP contribution in [-0.4, -0.2) is 61.1 Å². The topological polar surface area (TPSA) is 92.8 Å². The molecule has 8 nitrogen and oxygen atoms in total. The number of amides is 2. The molecule has 186 valence electrons. The first-order valence-electron chi connectivity index (χ1n) is 11.9. The average molecular weight is 487 g/mol. The molecule has 8 heteroatoms. The van der Waals surface area contributed by atoms with Crippen LogP contribution < -0.4 is 15.4 Å². The van der Waals surface area contributed by atoms with Crippen LogP contribution in [0.2, 0.25) is 0 Å². The van der Waals surface area contributed by atoms with E-state index >= 15 is 0 Å². The molecule has 2 amide bonds. The molecule has 1 aromatic heterocycles. The first-order chi connectivity index (χ1) is 17.5. The summed E-state index contributed by atoms with van der Waals surface area (Å²) in [4.78, 5) is 31.2. The van der Waals surface area contributed by atoms with Gasteiger partial charge in [0.2, 0.25) is 5.91 Å². The normalized spacial score (nSPS) is 13.9. The summed E-state index contributed by atoms with van der Waals surface area (Å²) in [6.45, 7) is 6.50. The Labute approximate surface area is 210 Å². The van der Waals surface area contributed by atoms with Crippen LogP contribution in [0.3, 0.4) is 0 Å². The lowest BCUT2D eigenvalue weighted by Gasteiger charge is -2.26. The van der Waals surface area contributed by atoms with E-state index in [1.807, 2.05) is 55.5 Å². The number of aromatic nitrogens is 1. The Balaban J connectivity index is 1.31. The number of carbonyl (C=O) groups is 2. The molecule has 36 heavy (non-hydrogen) atoms. The maximum atomic E-state index is 12.5. The number of morpholine rings is 1. The molecular weight excluding hydrogens is 456 g/mol. The van der Waals surface area contributed by atoms with Crippen molar-refractivity contribution < 1.29 is 19.1 Å². The Morgan fingerprint density at radius 2 is 1.86 bits per heavy atom. The minimum absolute atomic E-state index is 0.217. The van der Waals surface area contributed by atoms with Gasteiger partial charge >= 0.3 is 0 Å². The van der Waals surface area contributed by atoms with Gasteiger partial charge in [0.15, 0.2) is 0 Å². The number of nitrogens with zero attached hydrogens (tertiary/aromatic N) is 2. The fourth-order valence-electron chi connectivity index (χ4n) is 3.74. The third kappa shape index (κ3) is 7.76. The van der Waals surface area contributed by atoms with Gasteiger partial charge in [0, 0.05) is 50.2 Å². The monoisotopic (exact) mass is 486 g/mol. The van der Waals surface area contributed by atoms with Crippen molar-refractivity contribution in [1.29, 1.82) is 0 Å². The van der Waals surface area contributed by atoms with Gasteiger partial charge in [-0.25, -0.2) is 0 Å². The zero-order valence-electron chi connectivity index (χ0n) is 20.3. The lowest BCUT2D eigenvalue weighted by molar-refractivity contribution is -0.111. The van der Waals surface area contributed by atoms with Crippen LogP contribution in [0.1, 0.15) is 21.6 Å². The number of nitrogens with one attached hydrogen (secondary N) is 2. The summed E-state index contributed by atoms with van der Waals surface area (Å²) in [5, 5.41) is 5.75. The van der Waals surface area contributed by atoms with Gasteiger partial charge in [0.1, 0.15) is 17.2 Å².